The van der Waals surface area contributed by atoms with E-state index in [1.165, 1.54) is 12.6 Å². The number of nitrogens with two attached hydrogens (primary N) is 1. The molecule has 0 saturated carbocycles. The SMILES string of the molecule is CN/N=C(\C)c1ccc2nc(-c3nccnc3N)n(-c3ccc(CN4CCC(Nc5ccnc(C#N)n5)CC4)cc3)c2n1.CNO. The molecule has 1 aliphatic heterocycles. The lowest BCUT2D eigenvalue weighted by Gasteiger charge is -2.32. The normalized spacial score (nSPS) is 13.9. The summed E-state index contributed by atoms with van der Waals surface area (Å²) in [5.41, 5.74) is 16.3. The predicted octanol–water partition coefficient (Wildman–Crippen LogP) is 2.74. The number of aromatic nitrogens is 7. The number of anilines is 2. The molecule has 0 amide bonds. The zero-order valence-corrected chi connectivity index (χ0v) is 25.9. The Morgan fingerprint density at radius 1 is 1.00 bits per heavy atom. The highest BCUT2D eigenvalue weighted by atomic mass is 16.5. The van der Waals surface area contributed by atoms with Crippen molar-refractivity contribution in [2.24, 2.45) is 5.10 Å². The summed E-state index contributed by atoms with van der Waals surface area (Å²) in [7, 11) is 3.19. The van der Waals surface area contributed by atoms with E-state index in [2.05, 4.69) is 64.9 Å². The van der Waals surface area contributed by atoms with Gasteiger partial charge in [-0.05, 0) is 55.7 Å². The second-order valence-corrected chi connectivity index (χ2v) is 10.5. The fraction of sp³-hybridized carbons (Fsp3) is 0.290. The van der Waals surface area contributed by atoms with Crippen molar-refractivity contribution in [1.82, 2.24) is 50.3 Å². The monoisotopic (exact) mass is 620 g/mol. The minimum Gasteiger partial charge on any atom is -0.382 e. The van der Waals surface area contributed by atoms with Crippen LogP contribution in [0.4, 0.5) is 11.6 Å². The topological polar surface area (TPSA) is 204 Å². The largest absolute Gasteiger partial charge is 0.382 e. The first-order valence-corrected chi connectivity index (χ1v) is 14.7. The van der Waals surface area contributed by atoms with Gasteiger partial charge in [0.2, 0.25) is 5.82 Å². The van der Waals surface area contributed by atoms with Gasteiger partial charge in [-0.1, -0.05) is 12.1 Å². The van der Waals surface area contributed by atoms with Gasteiger partial charge < -0.3 is 21.7 Å². The van der Waals surface area contributed by atoms with E-state index in [-0.39, 0.29) is 5.82 Å². The molecule has 236 valence electrons. The third kappa shape index (κ3) is 7.38. The smallest absolute Gasteiger partial charge is 0.234 e. The van der Waals surface area contributed by atoms with Crippen molar-refractivity contribution in [1.29, 1.82) is 5.26 Å². The maximum Gasteiger partial charge on any atom is 0.234 e. The number of likely N-dealkylation sites (tertiary alicyclic amines) is 1. The second kappa shape index (κ2) is 14.9. The summed E-state index contributed by atoms with van der Waals surface area (Å²) >= 11 is 0. The first kappa shape index (κ1) is 31.9. The maximum absolute atomic E-state index is 9.05. The van der Waals surface area contributed by atoms with Crippen LogP contribution in [0.2, 0.25) is 0 Å². The summed E-state index contributed by atoms with van der Waals surface area (Å²) in [4.78, 5) is 29.1. The summed E-state index contributed by atoms with van der Waals surface area (Å²) in [6.45, 7) is 4.66. The van der Waals surface area contributed by atoms with E-state index in [1.54, 1.807) is 37.2 Å². The Morgan fingerprint density at radius 3 is 2.43 bits per heavy atom. The highest BCUT2D eigenvalue weighted by Crippen LogP contribution is 2.29. The number of imidazole rings is 1. The molecule has 0 unspecified atom stereocenters. The van der Waals surface area contributed by atoms with Gasteiger partial charge in [0.05, 0.1) is 11.4 Å². The Hall–Kier alpha value is -5.56. The molecule has 4 aromatic heterocycles. The number of piperidine rings is 1. The molecule has 0 radical (unpaired) electrons. The van der Waals surface area contributed by atoms with Crippen LogP contribution < -0.4 is 22.0 Å². The fourth-order valence-corrected chi connectivity index (χ4v) is 5.25. The van der Waals surface area contributed by atoms with Gasteiger partial charge in [0, 0.05) is 64.0 Å². The second-order valence-electron chi connectivity index (χ2n) is 10.5. The number of rotatable bonds is 8. The molecular formula is C31H36N14O. The molecule has 6 rings (SSSR count). The zero-order valence-electron chi connectivity index (χ0n) is 25.9. The third-order valence-electron chi connectivity index (χ3n) is 7.39. The first-order chi connectivity index (χ1) is 22.4. The van der Waals surface area contributed by atoms with E-state index in [0.29, 0.717) is 40.4 Å². The van der Waals surface area contributed by atoms with Crippen LogP contribution in [-0.2, 0) is 6.54 Å². The zero-order chi connectivity index (χ0) is 32.5. The minimum atomic E-state index is 0.177. The number of hydrogen-bond donors (Lipinski definition) is 5. The molecule has 15 nitrogen and oxygen atoms in total. The molecule has 0 atom stereocenters. The number of hydrazone groups is 1. The third-order valence-corrected chi connectivity index (χ3v) is 7.39. The maximum atomic E-state index is 9.05. The van der Waals surface area contributed by atoms with Gasteiger partial charge in [0.15, 0.2) is 17.3 Å². The highest BCUT2D eigenvalue weighted by Gasteiger charge is 2.22. The molecule has 1 aromatic carbocycles. The average Bonchev–Trinajstić information content (AvgIpc) is 3.45. The average molecular weight is 621 g/mol. The summed E-state index contributed by atoms with van der Waals surface area (Å²) in [5, 5.41) is 24.1. The van der Waals surface area contributed by atoms with Crippen LogP contribution in [0.3, 0.4) is 0 Å². The quantitative estimate of drug-likeness (QED) is 0.125. The molecule has 15 heteroatoms. The van der Waals surface area contributed by atoms with Crippen molar-refractivity contribution in [3.05, 3.63) is 78.1 Å². The number of nitrogens with zero attached hydrogens (tertiary/aromatic N) is 10. The molecule has 46 heavy (non-hydrogen) atoms. The van der Waals surface area contributed by atoms with Crippen LogP contribution in [0.1, 0.15) is 36.8 Å². The van der Waals surface area contributed by atoms with Crippen LogP contribution in [0.5, 0.6) is 0 Å². The lowest BCUT2D eigenvalue weighted by molar-refractivity contribution is 0.194. The molecule has 6 N–H and O–H groups in total. The fourth-order valence-electron chi connectivity index (χ4n) is 5.25. The summed E-state index contributed by atoms with van der Waals surface area (Å²) in [6, 6.07) is 16.3. The number of hydroxylamine groups is 1. The lowest BCUT2D eigenvalue weighted by atomic mass is 10.0. The van der Waals surface area contributed by atoms with Crippen LogP contribution in [-0.4, -0.2) is 83.5 Å². The van der Waals surface area contributed by atoms with Gasteiger partial charge >= 0.3 is 0 Å². The van der Waals surface area contributed by atoms with E-state index in [4.69, 9.17) is 26.2 Å². The summed E-state index contributed by atoms with van der Waals surface area (Å²) in [5.74, 6) is 1.74. The number of fused-ring (bicyclic) bond motifs is 1. The molecule has 1 fully saturated rings. The molecular weight excluding hydrogens is 584 g/mol. The first-order valence-electron chi connectivity index (χ1n) is 14.7. The Labute approximate surface area is 266 Å². The molecule has 1 aliphatic rings. The highest BCUT2D eigenvalue weighted by molar-refractivity contribution is 5.98. The van der Waals surface area contributed by atoms with Crippen LogP contribution >= 0.6 is 0 Å². The number of benzene rings is 1. The Morgan fingerprint density at radius 2 is 1.74 bits per heavy atom. The number of hydrogen-bond acceptors (Lipinski definition) is 14. The van der Waals surface area contributed by atoms with E-state index in [1.807, 2.05) is 29.7 Å². The van der Waals surface area contributed by atoms with Gasteiger partial charge in [-0.3, -0.25) is 9.47 Å². The summed E-state index contributed by atoms with van der Waals surface area (Å²) in [6.07, 6.45) is 6.75. The summed E-state index contributed by atoms with van der Waals surface area (Å²) < 4.78 is 1.97. The molecule has 5 heterocycles. The Kier molecular flexibility index (Phi) is 10.4. The van der Waals surface area contributed by atoms with Crippen LogP contribution in [0, 0.1) is 11.3 Å². The molecule has 0 aliphatic carbocycles. The van der Waals surface area contributed by atoms with Crippen molar-refractivity contribution in [3.8, 4) is 23.3 Å². The van der Waals surface area contributed by atoms with E-state index >= 15 is 0 Å². The van der Waals surface area contributed by atoms with Gasteiger partial charge in [-0.2, -0.15) is 10.4 Å². The van der Waals surface area contributed by atoms with Crippen molar-refractivity contribution in [2.75, 3.05) is 38.2 Å². The number of nitrogens with one attached hydrogen (secondary N) is 3. The van der Waals surface area contributed by atoms with Crippen molar-refractivity contribution in [3.63, 3.8) is 0 Å². The Bertz CT molecular complexity index is 1840. The van der Waals surface area contributed by atoms with Crippen LogP contribution in [0.15, 0.2) is 66.2 Å². The number of nitriles is 1. The lowest BCUT2D eigenvalue weighted by Crippen LogP contribution is -2.38. The van der Waals surface area contributed by atoms with Gasteiger partial charge in [-0.25, -0.2) is 35.4 Å². The molecule has 5 aromatic rings. The number of nitrogen functional groups attached to an aromatic ring is 1. The number of pyridine rings is 1. The van der Waals surface area contributed by atoms with Gasteiger partial charge in [0.1, 0.15) is 23.1 Å². The van der Waals surface area contributed by atoms with Gasteiger partial charge in [0.25, 0.3) is 0 Å². The van der Waals surface area contributed by atoms with Crippen molar-refractivity contribution < 1.29 is 5.21 Å². The van der Waals surface area contributed by atoms with E-state index in [9.17, 15) is 0 Å². The molecule has 1 saturated heterocycles. The Balaban J connectivity index is 0.00000134. The molecule has 0 spiro atoms. The van der Waals surface area contributed by atoms with Crippen LogP contribution in [0.25, 0.3) is 28.4 Å². The van der Waals surface area contributed by atoms with Crippen molar-refractivity contribution in [2.45, 2.75) is 32.4 Å². The standard InChI is InChI=1S/C30H31N13.CH5NO/c1-19(41-33-2)23-7-8-24-29(38-23)43(30(39-24)27-28(32)36-14-13-35-27)22-5-3-20(4-6-22)18-42-15-10-21(11-16-42)37-25-9-12-34-26(17-31)40-25;1-2-3/h3-9,12-14,21,33H,10-11,15-16,18H2,1-2H3,(H2,32,36)(H,34,37,40);2-3H,1H3/b41-19+;. The van der Waals surface area contributed by atoms with E-state index < -0.39 is 0 Å². The van der Waals surface area contributed by atoms with E-state index in [0.717, 1.165) is 49.6 Å². The molecule has 0 bridgehead atoms. The minimum absolute atomic E-state index is 0.177. The predicted molar refractivity (Wildman–Crippen MR) is 175 cm³/mol. The van der Waals surface area contributed by atoms with Crippen molar-refractivity contribution >= 4 is 28.5 Å². The van der Waals surface area contributed by atoms with Gasteiger partial charge in [-0.15, -0.1) is 0 Å².